The van der Waals surface area contributed by atoms with Crippen molar-refractivity contribution in [2.75, 3.05) is 0 Å². The van der Waals surface area contributed by atoms with Crippen LogP contribution >= 0.6 is 0 Å². The maximum atomic E-state index is 4.17. The summed E-state index contributed by atoms with van der Waals surface area (Å²) in [5, 5.41) is 0. The predicted octanol–water partition coefficient (Wildman–Crippen LogP) is 7.75. The van der Waals surface area contributed by atoms with Gasteiger partial charge in [-0.25, -0.2) is 0 Å². The quantitative estimate of drug-likeness (QED) is 0.482. The molecule has 0 heteroatoms. The molecular formula is C27H28. The van der Waals surface area contributed by atoms with Crippen LogP contribution in [-0.2, 0) is 5.41 Å². The topological polar surface area (TPSA) is 0 Å². The van der Waals surface area contributed by atoms with Crippen molar-refractivity contribution in [3.05, 3.63) is 108 Å². The van der Waals surface area contributed by atoms with Gasteiger partial charge >= 0.3 is 0 Å². The fourth-order valence-electron chi connectivity index (χ4n) is 4.03. The number of hydrogen-bond donors (Lipinski definition) is 0. The molecule has 2 aromatic carbocycles. The first kappa shape index (κ1) is 18.9. The summed E-state index contributed by atoms with van der Waals surface area (Å²) in [6.45, 7) is 16.9. The van der Waals surface area contributed by atoms with E-state index in [0.29, 0.717) is 0 Å². The summed E-state index contributed by atoms with van der Waals surface area (Å²) < 4.78 is 0. The minimum Gasteiger partial charge on any atom is -0.0987 e. The van der Waals surface area contributed by atoms with Crippen LogP contribution in [0.5, 0.6) is 0 Å². The molecule has 0 spiro atoms. The Kier molecular flexibility index (Phi) is 5.19. The summed E-state index contributed by atoms with van der Waals surface area (Å²) >= 11 is 0. The molecule has 0 fully saturated rings. The van der Waals surface area contributed by atoms with Gasteiger partial charge in [-0.1, -0.05) is 87.7 Å². The van der Waals surface area contributed by atoms with Gasteiger partial charge in [0.2, 0.25) is 0 Å². The Morgan fingerprint density at radius 3 is 2.37 bits per heavy atom. The molecule has 0 aliphatic heterocycles. The summed E-state index contributed by atoms with van der Waals surface area (Å²) in [5.74, 6) is 0. The molecule has 0 heterocycles. The lowest BCUT2D eigenvalue weighted by Gasteiger charge is -2.22. The standard InChI is InChI=1S/C27H28/c1-7-11-19(4)20-13-10-14-21(17-20)22-15-16-26-24(18-22)23(12-8-2)25(9-3)27(26,5)6/h7-18H,3-4H2,1-2,5-6H3/b11-7-,12-8-. The number of fused-ring (bicyclic) bond motifs is 1. The lowest BCUT2D eigenvalue weighted by molar-refractivity contribution is 0.654. The molecule has 0 nitrogen and oxygen atoms in total. The fourth-order valence-corrected chi connectivity index (χ4v) is 4.03. The smallest absolute Gasteiger partial charge is 0.0158 e. The van der Waals surface area contributed by atoms with Crippen molar-refractivity contribution >= 4 is 11.1 Å². The largest absolute Gasteiger partial charge is 0.0987 e. The van der Waals surface area contributed by atoms with Crippen LogP contribution in [0.15, 0.2) is 91.6 Å². The maximum Gasteiger partial charge on any atom is 0.0158 e. The first-order valence-electron chi connectivity index (χ1n) is 9.51. The number of hydrogen-bond acceptors (Lipinski definition) is 0. The summed E-state index contributed by atoms with van der Waals surface area (Å²) in [7, 11) is 0. The summed E-state index contributed by atoms with van der Waals surface area (Å²) in [6.07, 6.45) is 10.4. The Morgan fingerprint density at radius 2 is 1.70 bits per heavy atom. The second-order valence-electron chi connectivity index (χ2n) is 7.52. The van der Waals surface area contributed by atoms with Crippen LogP contribution in [-0.4, -0.2) is 0 Å². The van der Waals surface area contributed by atoms with Gasteiger partial charge in [0, 0.05) is 5.41 Å². The maximum absolute atomic E-state index is 4.17. The molecule has 0 saturated heterocycles. The molecule has 0 aromatic heterocycles. The highest BCUT2D eigenvalue weighted by molar-refractivity contribution is 5.89. The third-order valence-corrected chi connectivity index (χ3v) is 5.42. The average Bonchev–Trinajstić information content (AvgIpc) is 2.88. The van der Waals surface area contributed by atoms with Crippen molar-refractivity contribution in [1.29, 1.82) is 0 Å². The molecule has 3 rings (SSSR count). The van der Waals surface area contributed by atoms with Crippen LogP contribution in [0.1, 0.15) is 44.4 Å². The van der Waals surface area contributed by atoms with E-state index in [4.69, 9.17) is 0 Å². The van der Waals surface area contributed by atoms with Gasteiger partial charge in [0.15, 0.2) is 0 Å². The van der Waals surface area contributed by atoms with E-state index in [0.717, 1.165) is 11.1 Å². The van der Waals surface area contributed by atoms with Crippen molar-refractivity contribution in [1.82, 2.24) is 0 Å². The van der Waals surface area contributed by atoms with Gasteiger partial charge in [-0.2, -0.15) is 0 Å². The average molecular weight is 353 g/mol. The van der Waals surface area contributed by atoms with Gasteiger partial charge in [0.25, 0.3) is 0 Å². The Balaban J connectivity index is 2.14. The molecule has 2 aromatic rings. The van der Waals surface area contributed by atoms with E-state index >= 15 is 0 Å². The first-order valence-corrected chi connectivity index (χ1v) is 9.51. The lowest BCUT2D eigenvalue weighted by Crippen LogP contribution is -2.15. The van der Waals surface area contributed by atoms with Gasteiger partial charge in [0.05, 0.1) is 0 Å². The monoisotopic (exact) mass is 352 g/mol. The highest BCUT2D eigenvalue weighted by atomic mass is 14.4. The molecule has 0 atom stereocenters. The van der Waals surface area contributed by atoms with Crippen LogP contribution in [0.4, 0.5) is 0 Å². The van der Waals surface area contributed by atoms with Crippen molar-refractivity contribution in [2.45, 2.75) is 33.1 Å². The van der Waals surface area contributed by atoms with Crippen LogP contribution in [0.3, 0.4) is 0 Å². The molecule has 1 aliphatic carbocycles. The minimum absolute atomic E-state index is 0.0213. The Hall–Kier alpha value is -2.86. The van der Waals surface area contributed by atoms with Gasteiger partial charge in [-0.3, -0.25) is 0 Å². The molecule has 0 unspecified atom stereocenters. The third-order valence-electron chi connectivity index (χ3n) is 5.42. The summed E-state index contributed by atoms with van der Waals surface area (Å²) in [5.41, 5.74) is 9.86. The molecule has 27 heavy (non-hydrogen) atoms. The molecular weight excluding hydrogens is 324 g/mol. The Bertz CT molecular complexity index is 990. The van der Waals surface area contributed by atoms with E-state index in [2.05, 4.69) is 88.5 Å². The summed E-state index contributed by atoms with van der Waals surface area (Å²) in [4.78, 5) is 0. The molecule has 0 saturated carbocycles. The third kappa shape index (κ3) is 3.28. The van der Waals surface area contributed by atoms with Gasteiger partial charge in [-0.05, 0) is 70.5 Å². The van der Waals surface area contributed by atoms with E-state index in [9.17, 15) is 0 Å². The van der Waals surface area contributed by atoms with Gasteiger partial charge in [-0.15, -0.1) is 0 Å². The molecule has 0 amide bonds. The van der Waals surface area contributed by atoms with E-state index in [-0.39, 0.29) is 5.41 Å². The zero-order chi connectivity index (χ0) is 19.6. The zero-order valence-electron chi connectivity index (χ0n) is 16.8. The predicted molar refractivity (Wildman–Crippen MR) is 121 cm³/mol. The summed E-state index contributed by atoms with van der Waals surface area (Å²) in [6, 6.07) is 15.4. The highest BCUT2D eigenvalue weighted by Crippen LogP contribution is 2.48. The van der Waals surface area contributed by atoms with Crippen LogP contribution < -0.4 is 0 Å². The first-order chi connectivity index (χ1) is 12.9. The van der Waals surface area contributed by atoms with E-state index in [1.807, 2.05) is 25.2 Å². The van der Waals surface area contributed by atoms with Crippen molar-refractivity contribution in [3.8, 4) is 11.1 Å². The number of benzene rings is 2. The normalized spacial score (nSPS) is 15.6. The molecule has 1 aliphatic rings. The fraction of sp³-hybridized carbons (Fsp3) is 0.185. The Morgan fingerprint density at radius 1 is 0.963 bits per heavy atom. The van der Waals surface area contributed by atoms with E-state index < -0.39 is 0 Å². The van der Waals surface area contributed by atoms with Gasteiger partial charge < -0.3 is 0 Å². The second-order valence-corrected chi connectivity index (χ2v) is 7.52. The zero-order valence-corrected chi connectivity index (χ0v) is 16.8. The SMILES string of the molecule is C=CC1=C(/C=C\C)c2cc(-c3cccc(C(=C)/C=C\C)c3)ccc2C1(C)C. The van der Waals surface area contributed by atoms with Crippen molar-refractivity contribution in [3.63, 3.8) is 0 Å². The minimum atomic E-state index is -0.0213. The van der Waals surface area contributed by atoms with Crippen LogP contribution in [0.25, 0.3) is 22.3 Å². The number of allylic oxidation sites excluding steroid dienone is 8. The second kappa shape index (κ2) is 7.40. The number of rotatable bonds is 5. The molecule has 0 N–H and O–H groups in total. The van der Waals surface area contributed by atoms with Crippen molar-refractivity contribution < 1.29 is 0 Å². The van der Waals surface area contributed by atoms with Crippen LogP contribution in [0.2, 0.25) is 0 Å². The van der Waals surface area contributed by atoms with E-state index in [1.165, 1.54) is 33.4 Å². The lowest BCUT2D eigenvalue weighted by atomic mass is 9.81. The van der Waals surface area contributed by atoms with Crippen LogP contribution in [0, 0.1) is 0 Å². The van der Waals surface area contributed by atoms with Gasteiger partial charge in [0.1, 0.15) is 0 Å². The Labute approximate surface area is 164 Å². The van der Waals surface area contributed by atoms with Crippen molar-refractivity contribution in [2.24, 2.45) is 0 Å². The molecule has 0 bridgehead atoms. The highest BCUT2D eigenvalue weighted by Gasteiger charge is 2.35. The molecule has 0 radical (unpaired) electrons. The van der Waals surface area contributed by atoms with E-state index in [1.54, 1.807) is 0 Å². The molecule has 136 valence electrons.